The Balaban J connectivity index is 2.30. The molecule has 1 aromatic heterocycles. The van der Waals surface area contributed by atoms with Crippen LogP contribution in [0.15, 0.2) is 18.2 Å². The quantitative estimate of drug-likeness (QED) is 0.901. The fraction of sp³-hybridized carbons (Fsp3) is 0.429. The van der Waals surface area contributed by atoms with E-state index in [1.54, 1.807) is 0 Å². The van der Waals surface area contributed by atoms with E-state index < -0.39 is 0 Å². The smallest absolute Gasteiger partial charge is 0.121 e. The molecule has 0 unspecified atom stereocenters. The third kappa shape index (κ3) is 2.96. The number of rotatable bonds is 3. The maximum Gasteiger partial charge on any atom is 0.121 e. The molecule has 18 heavy (non-hydrogen) atoms. The van der Waals surface area contributed by atoms with Crippen LogP contribution < -0.4 is 10.5 Å². The maximum absolute atomic E-state index is 5.89. The summed E-state index contributed by atoms with van der Waals surface area (Å²) in [6, 6.07) is 5.73. The highest BCUT2D eigenvalue weighted by atomic mass is 16.5. The van der Waals surface area contributed by atoms with Crippen molar-refractivity contribution < 1.29 is 4.74 Å². The second-order valence-electron chi connectivity index (χ2n) is 5.32. The third-order valence-corrected chi connectivity index (χ3v) is 2.66. The number of nitrogens with zero attached hydrogens (tertiary/aromatic N) is 2. The Morgan fingerprint density at radius 2 is 1.72 bits per heavy atom. The van der Waals surface area contributed by atoms with Crippen LogP contribution in [0.25, 0.3) is 11.0 Å². The Kier molecular flexibility index (Phi) is 3.22. The summed E-state index contributed by atoms with van der Waals surface area (Å²) in [5.41, 5.74) is 9.18. The highest BCUT2D eigenvalue weighted by Crippen LogP contribution is 2.19. The summed E-state index contributed by atoms with van der Waals surface area (Å²) in [6.07, 6.45) is 0. The van der Waals surface area contributed by atoms with Crippen molar-refractivity contribution in [2.24, 2.45) is 5.73 Å². The van der Waals surface area contributed by atoms with E-state index in [4.69, 9.17) is 10.5 Å². The Morgan fingerprint density at radius 1 is 1.11 bits per heavy atom. The number of ether oxygens (including phenoxy) is 1. The average Bonchev–Trinajstić information content (AvgIpc) is 2.27. The molecule has 0 fully saturated rings. The molecule has 0 atom stereocenters. The molecular formula is C14H19N3O. The molecule has 0 radical (unpaired) electrons. The molecule has 96 valence electrons. The second-order valence-corrected chi connectivity index (χ2v) is 5.32. The summed E-state index contributed by atoms with van der Waals surface area (Å²) >= 11 is 0. The van der Waals surface area contributed by atoms with Crippen molar-refractivity contribution in [2.75, 3.05) is 6.61 Å². The molecule has 0 spiro atoms. The minimum absolute atomic E-state index is 0.343. The van der Waals surface area contributed by atoms with Gasteiger partial charge < -0.3 is 10.5 Å². The molecule has 1 heterocycles. The lowest BCUT2D eigenvalue weighted by Crippen LogP contribution is -2.38. The average molecular weight is 245 g/mol. The van der Waals surface area contributed by atoms with Crippen molar-refractivity contribution in [3.8, 4) is 5.75 Å². The van der Waals surface area contributed by atoms with E-state index in [-0.39, 0.29) is 5.54 Å². The van der Waals surface area contributed by atoms with E-state index in [1.165, 1.54) is 0 Å². The van der Waals surface area contributed by atoms with E-state index in [0.29, 0.717) is 6.61 Å². The van der Waals surface area contributed by atoms with Crippen LogP contribution in [-0.2, 0) is 0 Å². The molecule has 0 aliphatic heterocycles. The highest BCUT2D eigenvalue weighted by Gasteiger charge is 2.12. The van der Waals surface area contributed by atoms with E-state index in [2.05, 4.69) is 9.97 Å². The third-order valence-electron chi connectivity index (χ3n) is 2.66. The van der Waals surface area contributed by atoms with Gasteiger partial charge in [-0.1, -0.05) is 0 Å². The molecule has 0 saturated carbocycles. The summed E-state index contributed by atoms with van der Waals surface area (Å²) in [5, 5.41) is 0. The van der Waals surface area contributed by atoms with Crippen LogP contribution in [0.3, 0.4) is 0 Å². The van der Waals surface area contributed by atoms with Crippen LogP contribution in [0.2, 0.25) is 0 Å². The van der Waals surface area contributed by atoms with E-state index in [9.17, 15) is 0 Å². The van der Waals surface area contributed by atoms with Crippen molar-refractivity contribution in [2.45, 2.75) is 33.2 Å². The molecule has 0 aliphatic rings. The normalized spacial score (nSPS) is 11.8. The van der Waals surface area contributed by atoms with Crippen molar-refractivity contribution >= 4 is 11.0 Å². The van der Waals surface area contributed by atoms with E-state index in [0.717, 1.165) is 28.2 Å². The van der Waals surface area contributed by atoms with Gasteiger partial charge in [0.1, 0.15) is 12.4 Å². The topological polar surface area (TPSA) is 61.0 Å². The zero-order valence-electron chi connectivity index (χ0n) is 11.3. The Morgan fingerprint density at radius 3 is 2.33 bits per heavy atom. The molecule has 1 aromatic carbocycles. The summed E-state index contributed by atoms with van der Waals surface area (Å²) in [6.45, 7) is 8.25. The van der Waals surface area contributed by atoms with E-state index in [1.807, 2.05) is 45.9 Å². The Hall–Kier alpha value is -1.68. The molecule has 2 N–H and O–H groups in total. The van der Waals surface area contributed by atoms with Crippen molar-refractivity contribution in [3.05, 3.63) is 29.6 Å². The Bertz CT molecular complexity index is 573. The summed E-state index contributed by atoms with van der Waals surface area (Å²) in [5.74, 6) is 0.776. The van der Waals surface area contributed by atoms with Gasteiger partial charge in [-0.25, -0.2) is 9.97 Å². The van der Waals surface area contributed by atoms with Gasteiger partial charge in [0, 0.05) is 11.6 Å². The zero-order valence-corrected chi connectivity index (χ0v) is 11.3. The van der Waals surface area contributed by atoms with Gasteiger partial charge in [0.2, 0.25) is 0 Å². The van der Waals surface area contributed by atoms with E-state index >= 15 is 0 Å². The minimum Gasteiger partial charge on any atom is -0.492 e. The first-order valence-electron chi connectivity index (χ1n) is 6.02. The lowest BCUT2D eigenvalue weighted by atomic mass is 10.1. The number of aryl methyl sites for hydroxylation is 2. The summed E-state index contributed by atoms with van der Waals surface area (Å²) < 4.78 is 5.66. The molecule has 4 heteroatoms. The van der Waals surface area contributed by atoms with Crippen molar-refractivity contribution in [1.82, 2.24) is 9.97 Å². The lowest BCUT2D eigenvalue weighted by molar-refractivity contribution is 0.243. The van der Waals surface area contributed by atoms with Gasteiger partial charge in [-0.15, -0.1) is 0 Å². The largest absolute Gasteiger partial charge is 0.492 e. The van der Waals surface area contributed by atoms with Gasteiger partial charge in [-0.3, -0.25) is 0 Å². The number of hydrogen-bond donors (Lipinski definition) is 1. The van der Waals surface area contributed by atoms with Crippen LogP contribution in [0.1, 0.15) is 25.2 Å². The SMILES string of the molecule is Cc1nc2ccc(OCC(C)(C)N)cc2nc1C. The van der Waals surface area contributed by atoms with Gasteiger partial charge >= 0.3 is 0 Å². The van der Waals surface area contributed by atoms with Crippen LogP contribution in [-0.4, -0.2) is 22.1 Å². The highest BCUT2D eigenvalue weighted by molar-refractivity contribution is 5.76. The second kappa shape index (κ2) is 4.53. The maximum atomic E-state index is 5.89. The lowest BCUT2D eigenvalue weighted by Gasteiger charge is -2.19. The van der Waals surface area contributed by atoms with Crippen LogP contribution in [0, 0.1) is 13.8 Å². The molecule has 0 bridgehead atoms. The molecular weight excluding hydrogens is 226 g/mol. The number of hydrogen-bond acceptors (Lipinski definition) is 4. The van der Waals surface area contributed by atoms with Crippen LogP contribution in [0.5, 0.6) is 5.75 Å². The predicted octanol–water partition coefficient (Wildman–Crippen LogP) is 2.36. The van der Waals surface area contributed by atoms with Crippen LogP contribution in [0.4, 0.5) is 0 Å². The van der Waals surface area contributed by atoms with Gasteiger partial charge in [0.05, 0.1) is 22.4 Å². The zero-order chi connectivity index (χ0) is 13.3. The molecule has 0 amide bonds. The van der Waals surface area contributed by atoms with Gasteiger partial charge in [-0.05, 0) is 39.8 Å². The number of nitrogens with two attached hydrogens (primary N) is 1. The first-order valence-corrected chi connectivity index (χ1v) is 6.02. The standard InChI is InChI=1S/C14H19N3O/c1-9-10(2)17-13-7-11(5-6-12(13)16-9)18-8-14(3,4)15/h5-7H,8,15H2,1-4H3. The number of aromatic nitrogens is 2. The molecule has 0 aliphatic carbocycles. The first kappa shape index (κ1) is 12.8. The fourth-order valence-corrected chi connectivity index (χ4v) is 1.57. The molecule has 2 aromatic rings. The monoisotopic (exact) mass is 245 g/mol. The number of benzene rings is 1. The van der Waals surface area contributed by atoms with Gasteiger partial charge in [-0.2, -0.15) is 0 Å². The van der Waals surface area contributed by atoms with Gasteiger partial charge in [0.25, 0.3) is 0 Å². The molecule has 2 rings (SSSR count). The first-order chi connectivity index (χ1) is 8.35. The predicted molar refractivity (Wildman–Crippen MR) is 72.8 cm³/mol. The molecule has 4 nitrogen and oxygen atoms in total. The summed E-state index contributed by atoms with van der Waals surface area (Å²) in [4.78, 5) is 8.99. The van der Waals surface area contributed by atoms with Crippen molar-refractivity contribution in [1.29, 1.82) is 0 Å². The van der Waals surface area contributed by atoms with Gasteiger partial charge in [0.15, 0.2) is 0 Å². The number of fused-ring (bicyclic) bond motifs is 1. The van der Waals surface area contributed by atoms with Crippen molar-refractivity contribution in [3.63, 3.8) is 0 Å². The summed E-state index contributed by atoms with van der Waals surface area (Å²) in [7, 11) is 0. The molecule has 0 saturated heterocycles. The minimum atomic E-state index is -0.343. The Labute approximate surface area is 107 Å². The van der Waals surface area contributed by atoms with Crippen LogP contribution >= 0.6 is 0 Å². The fourth-order valence-electron chi connectivity index (χ4n) is 1.57.